The highest BCUT2D eigenvalue weighted by molar-refractivity contribution is 5.91. The van der Waals surface area contributed by atoms with Crippen LogP contribution in [-0.4, -0.2) is 18.2 Å². The maximum atomic E-state index is 13.1. The van der Waals surface area contributed by atoms with Gasteiger partial charge in [-0.25, -0.2) is 4.39 Å². The number of ketones is 2. The first kappa shape index (κ1) is 16.5. The lowest BCUT2D eigenvalue weighted by Gasteiger charge is -2.53. The molecule has 4 aliphatic rings. The van der Waals surface area contributed by atoms with Crippen LogP contribution in [0.3, 0.4) is 0 Å². The van der Waals surface area contributed by atoms with Crippen LogP contribution in [0.2, 0.25) is 0 Å². The van der Waals surface area contributed by atoms with Gasteiger partial charge >= 0.3 is 0 Å². The van der Waals surface area contributed by atoms with Crippen LogP contribution in [-0.2, 0) is 9.59 Å². The Bertz CT molecular complexity index is 595. The largest absolute Gasteiger partial charge is 0.296 e. The Morgan fingerprint density at radius 2 is 2.04 bits per heavy atom. The Kier molecular flexibility index (Phi) is 3.97. The quantitative estimate of drug-likeness (QED) is 0.744. The zero-order chi connectivity index (χ0) is 17.1. The Hall–Kier alpha value is -0.990. The molecule has 0 aromatic heterocycles. The second-order valence-corrected chi connectivity index (χ2v) is 9.14. The summed E-state index contributed by atoms with van der Waals surface area (Å²) < 4.78 is 13.1. The van der Waals surface area contributed by atoms with Crippen LogP contribution in [0, 0.1) is 40.9 Å². The monoisotopic (exact) mass is 332 g/mol. The van der Waals surface area contributed by atoms with Crippen LogP contribution in [0.5, 0.6) is 0 Å². The minimum absolute atomic E-state index is 0.00450. The van der Waals surface area contributed by atoms with E-state index < -0.39 is 6.67 Å². The Morgan fingerprint density at radius 3 is 2.79 bits per heavy atom. The summed E-state index contributed by atoms with van der Waals surface area (Å²) in [5, 5.41) is 0. The first-order chi connectivity index (χ1) is 11.5. The molecular formula is C21H29FO2. The maximum absolute atomic E-state index is 13.1. The van der Waals surface area contributed by atoms with E-state index in [-0.39, 0.29) is 17.1 Å². The number of carbonyl (C=O) groups excluding carboxylic acids is 2. The van der Waals surface area contributed by atoms with Crippen molar-refractivity contribution in [2.24, 2.45) is 40.9 Å². The van der Waals surface area contributed by atoms with Gasteiger partial charge in [0.15, 0.2) is 11.6 Å². The Morgan fingerprint density at radius 1 is 1.25 bits per heavy atom. The number of hydrogen-bond donors (Lipinski definition) is 0. The van der Waals surface area contributed by atoms with Crippen LogP contribution < -0.4 is 0 Å². The summed E-state index contributed by atoms with van der Waals surface area (Å²) in [5.74, 6) is 2.88. The van der Waals surface area contributed by atoms with E-state index >= 15 is 0 Å². The van der Waals surface area contributed by atoms with E-state index in [4.69, 9.17) is 0 Å². The van der Waals surface area contributed by atoms with Crippen LogP contribution >= 0.6 is 0 Å². The molecule has 132 valence electrons. The number of hydrogen-bond acceptors (Lipinski definition) is 2. The molecule has 0 aromatic carbocycles. The molecule has 0 amide bonds. The van der Waals surface area contributed by atoms with Gasteiger partial charge in [0.1, 0.15) is 6.67 Å². The standard InChI is InChI=1S/C21H29FO2/c1-12-9-18-17-5-3-13-10-14(23)4-6-15(13)16(17)7-8-21(18,2)20(12)19(24)11-22/h10,12,15-18,20H,3-9,11H2,1-2H3. The number of Topliss-reactive ketones (excluding diaryl/α,β-unsaturated/α-hetero) is 1. The Balaban J connectivity index is 1.63. The van der Waals surface area contributed by atoms with Gasteiger partial charge in [0, 0.05) is 12.3 Å². The van der Waals surface area contributed by atoms with Crippen LogP contribution in [0.25, 0.3) is 0 Å². The van der Waals surface area contributed by atoms with Crippen LogP contribution in [0.4, 0.5) is 4.39 Å². The molecular weight excluding hydrogens is 303 g/mol. The van der Waals surface area contributed by atoms with E-state index in [9.17, 15) is 14.0 Å². The van der Waals surface area contributed by atoms with E-state index in [1.54, 1.807) is 0 Å². The van der Waals surface area contributed by atoms with Gasteiger partial charge in [-0.2, -0.15) is 0 Å². The normalized spacial score (nSPS) is 47.5. The minimum atomic E-state index is -0.803. The molecule has 0 bridgehead atoms. The van der Waals surface area contributed by atoms with Gasteiger partial charge < -0.3 is 0 Å². The fourth-order valence-corrected chi connectivity index (χ4v) is 7.31. The number of rotatable bonds is 2. The number of alkyl halides is 1. The second-order valence-electron chi connectivity index (χ2n) is 9.14. The van der Waals surface area contributed by atoms with Crippen molar-refractivity contribution in [1.82, 2.24) is 0 Å². The van der Waals surface area contributed by atoms with Crippen molar-refractivity contribution in [2.75, 3.05) is 6.67 Å². The Labute approximate surface area is 144 Å². The molecule has 0 saturated heterocycles. The molecule has 3 saturated carbocycles. The highest BCUT2D eigenvalue weighted by Gasteiger charge is 2.59. The summed E-state index contributed by atoms with van der Waals surface area (Å²) in [6, 6.07) is 0. The van der Waals surface area contributed by atoms with Crippen molar-refractivity contribution in [2.45, 2.75) is 58.8 Å². The van der Waals surface area contributed by atoms with Gasteiger partial charge in [-0.15, -0.1) is 0 Å². The topological polar surface area (TPSA) is 34.1 Å². The molecule has 0 aliphatic heterocycles. The first-order valence-corrected chi connectivity index (χ1v) is 9.77. The van der Waals surface area contributed by atoms with Gasteiger partial charge in [0.2, 0.25) is 0 Å². The number of carbonyl (C=O) groups is 2. The molecule has 0 spiro atoms. The van der Waals surface area contributed by atoms with E-state index in [0.29, 0.717) is 41.8 Å². The van der Waals surface area contributed by atoms with Crippen LogP contribution in [0.15, 0.2) is 11.6 Å². The predicted molar refractivity (Wildman–Crippen MR) is 91.1 cm³/mol. The van der Waals surface area contributed by atoms with Crippen molar-refractivity contribution >= 4 is 11.6 Å². The summed E-state index contributed by atoms with van der Waals surface area (Å²) in [6.07, 6.45) is 9.16. The van der Waals surface area contributed by atoms with E-state index in [0.717, 1.165) is 38.5 Å². The zero-order valence-corrected chi connectivity index (χ0v) is 14.9. The second kappa shape index (κ2) is 5.78. The highest BCUT2D eigenvalue weighted by atomic mass is 19.1. The predicted octanol–water partition coefficient (Wildman–Crippen LogP) is 4.53. The third-order valence-electron chi connectivity index (χ3n) is 8.12. The van der Waals surface area contributed by atoms with Gasteiger partial charge in [0.25, 0.3) is 0 Å². The number of fused-ring (bicyclic) bond motifs is 5. The summed E-state index contributed by atoms with van der Waals surface area (Å²) in [7, 11) is 0. The van der Waals surface area contributed by atoms with Gasteiger partial charge in [-0.1, -0.05) is 19.4 Å². The van der Waals surface area contributed by atoms with E-state index in [1.807, 2.05) is 6.08 Å². The van der Waals surface area contributed by atoms with E-state index in [2.05, 4.69) is 13.8 Å². The SMILES string of the molecule is CC1CC2C3CCC4=CC(=O)CCC4C3CCC2(C)C1C(=O)CF. The molecule has 7 atom stereocenters. The fraction of sp³-hybridized carbons (Fsp3) is 0.810. The lowest BCUT2D eigenvalue weighted by molar-refractivity contribution is -0.131. The van der Waals surface area contributed by atoms with E-state index in [1.165, 1.54) is 5.57 Å². The van der Waals surface area contributed by atoms with Crippen molar-refractivity contribution in [1.29, 1.82) is 0 Å². The molecule has 7 unspecified atom stereocenters. The third kappa shape index (κ3) is 2.26. The summed E-state index contributed by atoms with van der Waals surface area (Å²) in [5.41, 5.74) is 1.40. The molecule has 0 heterocycles. The van der Waals surface area contributed by atoms with Gasteiger partial charge in [-0.05, 0) is 79.6 Å². The zero-order valence-electron chi connectivity index (χ0n) is 14.9. The molecule has 2 nitrogen and oxygen atoms in total. The van der Waals surface area contributed by atoms with Crippen molar-refractivity contribution < 1.29 is 14.0 Å². The summed E-state index contributed by atoms with van der Waals surface area (Å²) in [4.78, 5) is 24.0. The molecule has 0 radical (unpaired) electrons. The van der Waals surface area contributed by atoms with Gasteiger partial charge in [0.05, 0.1) is 0 Å². The lowest BCUT2D eigenvalue weighted by Crippen LogP contribution is -2.47. The molecule has 0 N–H and O–H groups in total. The molecule has 3 fully saturated rings. The average molecular weight is 332 g/mol. The summed E-state index contributed by atoms with van der Waals surface area (Å²) >= 11 is 0. The van der Waals surface area contributed by atoms with Crippen molar-refractivity contribution in [3.8, 4) is 0 Å². The first-order valence-electron chi connectivity index (χ1n) is 9.77. The van der Waals surface area contributed by atoms with Crippen molar-refractivity contribution in [3.63, 3.8) is 0 Å². The molecule has 0 aromatic rings. The van der Waals surface area contributed by atoms with Crippen molar-refractivity contribution in [3.05, 3.63) is 11.6 Å². The summed E-state index contributed by atoms with van der Waals surface area (Å²) in [6.45, 7) is 3.62. The lowest BCUT2D eigenvalue weighted by atomic mass is 9.51. The van der Waals surface area contributed by atoms with Gasteiger partial charge in [-0.3, -0.25) is 9.59 Å². The number of halogens is 1. The smallest absolute Gasteiger partial charge is 0.167 e. The molecule has 4 aliphatic carbocycles. The minimum Gasteiger partial charge on any atom is -0.296 e. The third-order valence-corrected chi connectivity index (χ3v) is 8.12. The molecule has 3 heteroatoms. The maximum Gasteiger partial charge on any atom is 0.167 e. The number of allylic oxidation sites excluding steroid dienone is 1. The fourth-order valence-electron chi connectivity index (χ4n) is 7.31. The highest BCUT2D eigenvalue weighted by Crippen LogP contribution is 2.65. The average Bonchev–Trinajstić information content (AvgIpc) is 2.84. The molecule has 4 rings (SSSR count). The van der Waals surface area contributed by atoms with Crippen LogP contribution in [0.1, 0.15) is 58.8 Å². The molecule has 24 heavy (non-hydrogen) atoms.